The van der Waals surface area contributed by atoms with Crippen LogP contribution in [0.5, 0.6) is 0 Å². The van der Waals surface area contributed by atoms with Gasteiger partial charge in [-0.1, -0.05) is 176 Å². The Morgan fingerprint density at radius 2 is 0.875 bits per heavy atom. The molecule has 0 unspecified atom stereocenters. The second kappa shape index (κ2) is 11.8. The maximum Gasteiger partial charge on any atom is 0.164 e. The van der Waals surface area contributed by atoms with Crippen LogP contribution in [0.15, 0.2) is 192 Å². The van der Waals surface area contributed by atoms with Crippen LogP contribution >= 0.6 is 0 Å². The van der Waals surface area contributed by atoms with E-state index < -0.39 is 5.41 Å². The molecule has 0 amide bonds. The highest BCUT2D eigenvalue weighted by Gasteiger charge is 2.52. The highest BCUT2D eigenvalue weighted by molar-refractivity contribution is 6.17. The van der Waals surface area contributed by atoms with Gasteiger partial charge in [-0.05, 0) is 62.2 Å². The normalized spacial score (nSPS) is 13.1. The van der Waals surface area contributed by atoms with E-state index in [-0.39, 0.29) is 0 Å². The third-order valence-electron chi connectivity index (χ3n) is 11.8. The Hall–Kier alpha value is -7.43. The Balaban J connectivity index is 1.11. The molecule has 0 atom stereocenters. The van der Waals surface area contributed by atoms with Crippen LogP contribution in [0.4, 0.5) is 0 Å². The summed E-state index contributed by atoms with van der Waals surface area (Å²) in [4.78, 5) is 15.5. The Morgan fingerprint density at radius 3 is 1.59 bits per heavy atom. The number of rotatable bonds is 4. The zero-order valence-electron chi connectivity index (χ0n) is 30.1. The van der Waals surface area contributed by atoms with E-state index in [1.54, 1.807) is 0 Å². The highest BCUT2D eigenvalue weighted by Crippen LogP contribution is 2.64. The Bertz CT molecular complexity index is 3160. The molecule has 12 rings (SSSR count). The molecule has 0 N–H and O–H groups in total. The molecule has 2 aromatic heterocycles. The zero-order valence-corrected chi connectivity index (χ0v) is 30.1. The second-order valence-corrected chi connectivity index (χ2v) is 14.7. The van der Waals surface area contributed by atoms with Gasteiger partial charge in [0.15, 0.2) is 17.5 Å². The molecule has 10 aromatic rings. The highest BCUT2D eigenvalue weighted by atomic mass is 16.3. The summed E-state index contributed by atoms with van der Waals surface area (Å²) in [5.74, 6) is 1.84. The number of benzene rings is 8. The van der Waals surface area contributed by atoms with Gasteiger partial charge in [0, 0.05) is 33.0 Å². The molecule has 0 aliphatic heterocycles. The lowest BCUT2D eigenvalue weighted by molar-refractivity contribution is 0.669. The summed E-state index contributed by atoms with van der Waals surface area (Å²) >= 11 is 0. The van der Waals surface area contributed by atoms with Crippen LogP contribution in [0.3, 0.4) is 0 Å². The predicted octanol–water partition coefficient (Wildman–Crippen LogP) is 12.8. The number of aromatic nitrogens is 3. The Kier molecular flexibility index (Phi) is 6.52. The summed E-state index contributed by atoms with van der Waals surface area (Å²) in [6.07, 6.45) is 0. The first-order valence-electron chi connectivity index (χ1n) is 19.0. The van der Waals surface area contributed by atoms with E-state index in [4.69, 9.17) is 19.4 Å². The van der Waals surface area contributed by atoms with Gasteiger partial charge in [-0.3, -0.25) is 0 Å². The number of fused-ring (bicyclic) bond motifs is 14. The van der Waals surface area contributed by atoms with Crippen molar-refractivity contribution >= 4 is 21.9 Å². The standard InChI is InChI=1S/C52H31N3O/c1-3-15-32(16-4-1)34-19-13-20-35(31-34)50-53-49(33-17-5-2-6-18-33)54-51(55-50)40-24-14-28-45-46(40)39-29-30-44-47(48(39)56-45)38-23-9-12-27-43(38)52(44)41-25-10-7-21-36(41)37-22-8-11-26-42(37)52/h1-31H. The zero-order chi connectivity index (χ0) is 36.8. The lowest BCUT2D eigenvalue weighted by Crippen LogP contribution is -2.25. The van der Waals surface area contributed by atoms with E-state index in [1.165, 1.54) is 38.9 Å². The fraction of sp³-hybridized carbons (Fsp3) is 0.0192. The minimum absolute atomic E-state index is 0.447. The van der Waals surface area contributed by atoms with Crippen molar-refractivity contribution in [2.24, 2.45) is 0 Å². The number of hydrogen-bond acceptors (Lipinski definition) is 4. The van der Waals surface area contributed by atoms with Gasteiger partial charge in [0.05, 0.1) is 5.41 Å². The summed E-state index contributed by atoms with van der Waals surface area (Å²) in [5.41, 5.74) is 16.3. The average Bonchev–Trinajstić information content (AvgIpc) is 3.91. The van der Waals surface area contributed by atoms with Gasteiger partial charge in [0.1, 0.15) is 11.2 Å². The molecule has 1 spiro atoms. The summed E-state index contributed by atoms with van der Waals surface area (Å²) in [7, 11) is 0. The van der Waals surface area contributed by atoms with Crippen molar-refractivity contribution in [1.29, 1.82) is 0 Å². The van der Waals surface area contributed by atoms with Gasteiger partial charge in [-0.25, -0.2) is 15.0 Å². The maximum absolute atomic E-state index is 7.02. The minimum Gasteiger partial charge on any atom is -0.455 e. The van der Waals surface area contributed by atoms with Crippen LogP contribution in [0, 0.1) is 0 Å². The molecular formula is C52H31N3O. The first-order chi connectivity index (χ1) is 27.8. The van der Waals surface area contributed by atoms with E-state index >= 15 is 0 Å². The van der Waals surface area contributed by atoms with Crippen LogP contribution in [0.25, 0.3) is 89.5 Å². The molecule has 2 aliphatic carbocycles. The van der Waals surface area contributed by atoms with Crippen molar-refractivity contribution < 1.29 is 4.42 Å². The summed E-state index contributed by atoms with van der Waals surface area (Å²) in [6, 6.07) is 66.4. The Morgan fingerprint density at radius 1 is 0.357 bits per heavy atom. The Labute approximate surface area is 323 Å². The molecule has 4 nitrogen and oxygen atoms in total. The lowest BCUT2D eigenvalue weighted by atomic mass is 9.70. The van der Waals surface area contributed by atoms with Crippen LogP contribution in [-0.2, 0) is 5.41 Å². The third kappa shape index (κ3) is 4.27. The van der Waals surface area contributed by atoms with Crippen molar-refractivity contribution in [3.05, 3.63) is 210 Å². The molecular weight excluding hydrogens is 683 g/mol. The molecule has 2 heterocycles. The van der Waals surface area contributed by atoms with E-state index in [1.807, 2.05) is 42.5 Å². The predicted molar refractivity (Wildman–Crippen MR) is 225 cm³/mol. The van der Waals surface area contributed by atoms with Gasteiger partial charge in [-0.2, -0.15) is 0 Å². The van der Waals surface area contributed by atoms with E-state index in [9.17, 15) is 0 Å². The van der Waals surface area contributed by atoms with Crippen LogP contribution in [0.1, 0.15) is 22.3 Å². The molecule has 0 bridgehead atoms. The van der Waals surface area contributed by atoms with Gasteiger partial charge in [0.2, 0.25) is 0 Å². The van der Waals surface area contributed by atoms with Crippen LogP contribution < -0.4 is 0 Å². The maximum atomic E-state index is 7.02. The number of furan rings is 1. The number of hydrogen-bond donors (Lipinski definition) is 0. The molecule has 4 heteroatoms. The lowest BCUT2D eigenvalue weighted by Gasteiger charge is -2.30. The first-order valence-corrected chi connectivity index (χ1v) is 19.0. The van der Waals surface area contributed by atoms with Gasteiger partial charge >= 0.3 is 0 Å². The molecule has 2 aliphatic rings. The molecule has 0 radical (unpaired) electrons. The minimum atomic E-state index is -0.447. The van der Waals surface area contributed by atoms with E-state index in [2.05, 4.69) is 146 Å². The first kappa shape index (κ1) is 31.0. The molecule has 56 heavy (non-hydrogen) atoms. The van der Waals surface area contributed by atoms with Crippen molar-refractivity contribution in [2.75, 3.05) is 0 Å². The summed E-state index contributed by atoms with van der Waals surface area (Å²) < 4.78 is 7.02. The van der Waals surface area contributed by atoms with Crippen molar-refractivity contribution in [2.45, 2.75) is 5.41 Å². The smallest absolute Gasteiger partial charge is 0.164 e. The van der Waals surface area contributed by atoms with E-state index in [0.29, 0.717) is 17.5 Å². The molecule has 8 aromatic carbocycles. The van der Waals surface area contributed by atoms with Crippen LogP contribution in [0.2, 0.25) is 0 Å². The quantitative estimate of drug-likeness (QED) is 0.182. The monoisotopic (exact) mass is 713 g/mol. The van der Waals surface area contributed by atoms with Crippen molar-refractivity contribution in [1.82, 2.24) is 15.0 Å². The third-order valence-corrected chi connectivity index (χ3v) is 11.8. The molecule has 0 fully saturated rings. The van der Waals surface area contributed by atoms with Gasteiger partial charge in [-0.15, -0.1) is 0 Å². The topological polar surface area (TPSA) is 51.8 Å². The summed E-state index contributed by atoms with van der Waals surface area (Å²) in [6.45, 7) is 0. The second-order valence-electron chi connectivity index (χ2n) is 14.7. The molecule has 0 saturated carbocycles. The van der Waals surface area contributed by atoms with Crippen molar-refractivity contribution in [3.63, 3.8) is 0 Å². The number of nitrogens with zero attached hydrogens (tertiary/aromatic N) is 3. The van der Waals surface area contributed by atoms with Crippen LogP contribution in [-0.4, -0.2) is 15.0 Å². The summed E-state index contributed by atoms with van der Waals surface area (Å²) in [5, 5.41) is 2.03. The molecule has 260 valence electrons. The van der Waals surface area contributed by atoms with E-state index in [0.717, 1.165) is 55.3 Å². The van der Waals surface area contributed by atoms with Crippen molar-refractivity contribution in [3.8, 4) is 67.5 Å². The largest absolute Gasteiger partial charge is 0.455 e. The van der Waals surface area contributed by atoms with Gasteiger partial charge < -0.3 is 4.42 Å². The SMILES string of the molecule is c1ccc(-c2cccc(-c3nc(-c4ccccc4)nc(-c4cccc5oc6c7c(ccc6c45)C4(c5ccccc5-c5ccccc54)c4ccccc4-7)n3)c2)cc1. The average molecular weight is 714 g/mol. The fourth-order valence-electron chi connectivity index (χ4n) is 9.45. The fourth-order valence-corrected chi connectivity index (χ4v) is 9.45. The van der Waals surface area contributed by atoms with Gasteiger partial charge in [0.25, 0.3) is 0 Å². The molecule has 0 saturated heterocycles.